The summed E-state index contributed by atoms with van der Waals surface area (Å²) in [6.45, 7) is 6.81. The molecular formula is C17H25O4P. The molecule has 1 rings (SSSR count). The van der Waals surface area contributed by atoms with Gasteiger partial charge in [0.1, 0.15) is 6.35 Å². The number of unbranched alkanes of at least 4 members (excludes halogenated alkanes) is 1. The Kier molecular flexibility index (Phi) is 9.11. The van der Waals surface area contributed by atoms with Gasteiger partial charge in [0.25, 0.3) is 0 Å². The summed E-state index contributed by atoms with van der Waals surface area (Å²) >= 11 is 0. The van der Waals surface area contributed by atoms with E-state index < -0.39 is 7.60 Å². The van der Waals surface area contributed by atoms with E-state index >= 15 is 0 Å². The van der Waals surface area contributed by atoms with Crippen molar-refractivity contribution in [1.82, 2.24) is 0 Å². The van der Waals surface area contributed by atoms with Gasteiger partial charge in [-0.15, -0.1) is 0 Å². The molecule has 0 aliphatic heterocycles. The lowest BCUT2D eigenvalue weighted by Crippen LogP contribution is -2.04. The van der Waals surface area contributed by atoms with Crippen LogP contribution in [0.15, 0.2) is 24.3 Å². The first-order chi connectivity index (χ1) is 10.6. The minimum atomic E-state index is -3.09. The molecule has 0 atom stereocenters. The van der Waals surface area contributed by atoms with E-state index in [9.17, 15) is 4.57 Å². The average Bonchev–Trinajstić information content (AvgIpc) is 2.48. The average molecular weight is 324 g/mol. The minimum absolute atomic E-state index is 0.0000701. The van der Waals surface area contributed by atoms with Crippen molar-refractivity contribution in [3.05, 3.63) is 35.4 Å². The highest BCUT2D eigenvalue weighted by Crippen LogP contribution is 2.47. The molecule has 0 aliphatic rings. The van der Waals surface area contributed by atoms with Crippen molar-refractivity contribution in [2.45, 2.75) is 33.6 Å². The quantitative estimate of drug-likeness (QED) is 0.384. The summed E-state index contributed by atoms with van der Waals surface area (Å²) in [5.74, 6) is 6.22. The van der Waals surface area contributed by atoms with Crippen LogP contribution < -0.4 is 0 Å². The number of rotatable bonds is 9. The molecule has 4 nitrogen and oxygen atoms in total. The van der Waals surface area contributed by atoms with Gasteiger partial charge >= 0.3 is 7.60 Å². The summed E-state index contributed by atoms with van der Waals surface area (Å²) in [4.78, 5) is 0. The van der Waals surface area contributed by atoms with Gasteiger partial charge in [0, 0.05) is 18.6 Å². The van der Waals surface area contributed by atoms with Gasteiger partial charge in [-0.05, 0) is 39.3 Å². The van der Waals surface area contributed by atoms with Crippen LogP contribution in [0.4, 0.5) is 0 Å². The molecule has 0 amide bonds. The predicted molar refractivity (Wildman–Crippen MR) is 89.0 cm³/mol. The fraction of sp³-hybridized carbons (Fsp3) is 0.529. The van der Waals surface area contributed by atoms with E-state index in [1.54, 1.807) is 13.8 Å². The maximum Gasteiger partial charge on any atom is 0.356 e. The van der Waals surface area contributed by atoms with Crippen molar-refractivity contribution < 1.29 is 18.3 Å². The molecule has 1 aromatic carbocycles. The summed E-state index contributed by atoms with van der Waals surface area (Å²) in [5.41, 5.74) is 2.25. The van der Waals surface area contributed by atoms with Gasteiger partial charge in [-0.3, -0.25) is 4.57 Å². The van der Waals surface area contributed by atoms with Crippen molar-refractivity contribution in [2.75, 3.05) is 26.2 Å². The number of hydrogen-bond acceptors (Lipinski definition) is 4. The Morgan fingerprint density at radius 2 is 1.73 bits per heavy atom. The van der Waals surface area contributed by atoms with Crippen LogP contribution in [0.2, 0.25) is 0 Å². The maximum atomic E-state index is 12.1. The Morgan fingerprint density at radius 3 is 2.32 bits per heavy atom. The first-order valence-corrected chi connectivity index (χ1v) is 9.34. The van der Waals surface area contributed by atoms with Gasteiger partial charge in [0.2, 0.25) is 0 Å². The summed E-state index contributed by atoms with van der Waals surface area (Å²) in [6.07, 6.45) is 1.53. The monoisotopic (exact) mass is 324 g/mol. The van der Waals surface area contributed by atoms with E-state index in [2.05, 4.69) is 18.8 Å². The summed E-state index contributed by atoms with van der Waals surface area (Å²) in [6, 6.07) is 8.12. The number of aryl methyl sites for hydroxylation is 1. The van der Waals surface area contributed by atoms with Crippen molar-refractivity contribution in [2.24, 2.45) is 0 Å². The Morgan fingerprint density at radius 1 is 1.09 bits per heavy atom. The first-order valence-electron chi connectivity index (χ1n) is 7.61. The SMILES string of the molecule is CCOP(=O)(COCCCC#Cc1ccc(C)cc1)OCC. The largest absolute Gasteiger partial charge is 0.369 e. The fourth-order valence-electron chi connectivity index (χ4n) is 1.75. The van der Waals surface area contributed by atoms with Crippen LogP contribution in [0.25, 0.3) is 0 Å². The molecular weight excluding hydrogens is 299 g/mol. The fourth-order valence-corrected chi connectivity index (χ4v) is 3.11. The predicted octanol–water partition coefficient (Wildman–Crippen LogP) is 4.37. The first kappa shape index (κ1) is 18.9. The molecule has 5 heteroatoms. The lowest BCUT2D eigenvalue weighted by atomic mass is 10.1. The number of ether oxygens (including phenoxy) is 1. The zero-order chi connectivity index (χ0) is 16.3. The highest BCUT2D eigenvalue weighted by Gasteiger charge is 2.23. The summed E-state index contributed by atoms with van der Waals surface area (Å²) in [5, 5.41) is 0. The molecule has 1 aromatic rings. The van der Waals surface area contributed by atoms with Gasteiger partial charge in [-0.25, -0.2) is 0 Å². The van der Waals surface area contributed by atoms with Crippen LogP contribution >= 0.6 is 7.60 Å². The molecule has 0 unspecified atom stereocenters. The third-order valence-corrected chi connectivity index (χ3v) is 4.58. The van der Waals surface area contributed by atoms with Crippen LogP contribution in [0.1, 0.15) is 37.8 Å². The lowest BCUT2D eigenvalue weighted by molar-refractivity contribution is 0.131. The van der Waals surface area contributed by atoms with E-state index in [1.165, 1.54) is 5.56 Å². The van der Waals surface area contributed by atoms with Gasteiger partial charge in [0.05, 0.1) is 13.2 Å². The van der Waals surface area contributed by atoms with E-state index in [0.29, 0.717) is 19.8 Å². The van der Waals surface area contributed by atoms with Crippen LogP contribution in [-0.4, -0.2) is 26.2 Å². The standard InChI is InChI=1S/C17H25O4P/c1-4-20-22(18,21-5-2)15-19-14-8-6-7-9-17-12-10-16(3)11-13-17/h10-13H,4-6,8,14-15H2,1-3H3. The minimum Gasteiger partial charge on any atom is -0.369 e. The molecule has 0 saturated carbocycles. The molecule has 0 aromatic heterocycles. The normalized spacial score (nSPS) is 11.0. The third-order valence-electron chi connectivity index (χ3n) is 2.78. The Balaban J connectivity index is 2.23. The molecule has 0 spiro atoms. The summed E-state index contributed by atoms with van der Waals surface area (Å²) < 4.78 is 27.8. The highest BCUT2D eigenvalue weighted by atomic mass is 31.2. The zero-order valence-corrected chi connectivity index (χ0v) is 14.5. The van der Waals surface area contributed by atoms with Crippen LogP contribution in [0.3, 0.4) is 0 Å². The van der Waals surface area contributed by atoms with Gasteiger partial charge in [-0.1, -0.05) is 29.5 Å². The van der Waals surface area contributed by atoms with Crippen LogP contribution in [0, 0.1) is 18.8 Å². The molecule has 0 radical (unpaired) electrons. The summed E-state index contributed by atoms with van der Waals surface area (Å²) in [7, 11) is -3.09. The van der Waals surface area contributed by atoms with Crippen LogP contribution in [-0.2, 0) is 18.3 Å². The van der Waals surface area contributed by atoms with E-state index in [0.717, 1.165) is 18.4 Å². The Bertz CT molecular complexity index is 518. The molecule has 0 fully saturated rings. The van der Waals surface area contributed by atoms with Crippen molar-refractivity contribution in [3.63, 3.8) is 0 Å². The Labute approximate surface area is 133 Å². The molecule has 22 heavy (non-hydrogen) atoms. The second kappa shape index (κ2) is 10.6. The molecule has 0 N–H and O–H groups in total. The number of hydrogen-bond donors (Lipinski definition) is 0. The maximum absolute atomic E-state index is 12.1. The molecule has 0 aliphatic carbocycles. The molecule has 0 bridgehead atoms. The van der Waals surface area contributed by atoms with Crippen LogP contribution in [0.5, 0.6) is 0 Å². The van der Waals surface area contributed by atoms with Crippen molar-refractivity contribution >= 4 is 7.60 Å². The molecule has 0 heterocycles. The van der Waals surface area contributed by atoms with E-state index in [1.807, 2.05) is 24.3 Å². The molecule has 0 saturated heterocycles. The van der Waals surface area contributed by atoms with Gasteiger partial charge < -0.3 is 13.8 Å². The second-order valence-electron chi connectivity index (χ2n) is 4.76. The van der Waals surface area contributed by atoms with Crippen molar-refractivity contribution in [3.8, 4) is 11.8 Å². The van der Waals surface area contributed by atoms with Gasteiger partial charge in [-0.2, -0.15) is 0 Å². The Hall–Kier alpha value is -1.11. The third kappa shape index (κ3) is 7.77. The second-order valence-corrected chi connectivity index (χ2v) is 6.75. The highest BCUT2D eigenvalue weighted by molar-refractivity contribution is 7.53. The van der Waals surface area contributed by atoms with E-state index in [-0.39, 0.29) is 6.35 Å². The van der Waals surface area contributed by atoms with E-state index in [4.69, 9.17) is 13.8 Å². The lowest BCUT2D eigenvalue weighted by Gasteiger charge is -2.16. The zero-order valence-electron chi connectivity index (χ0n) is 13.6. The molecule has 122 valence electrons. The number of benzene rings is 1. The smallest absolute Gasteiger partial charge is 0.356 e. The topological polar surface area (TPSA) is 44.8 Å². The van der Waals surface area contributed by atoms with Gasteiger partial charge in [0.15, 0.2) is 0 Å². The van der Waals surface area contributed by atoms with Crippen molar-refractivity contribution in [1.29, 1.82) is 0 Å².